The summed E-state index contributed by atoms with van der Waals surface area (Å²) in [5.41, 5.74) is 3.66. The number of aliphatic hydroxyl groups is 2. The van der Waals surface area contributed by atoms with Crippen molar-refractivity contribution in [1.82, 2.24) is 0 Å². The molecule has 2 aliphatic heterocycles. The molecule has 1 aromatic carbocycles. The van der Waals surface area contributed by atoms with Crippen LogP contribution in [0.5, 0.6) is 0 Å². The fourth-order valence-corrected chi connectivity index (χ4v) is 3.10. The van der Waals surface area contributed by atoms with Crippen molar-refractivity contribution in [3.8, 4) is 0 Å². The molecule has 0 spiro atoms. The molecule has 0 aromatic heterocycles. The van der Waals surface area contributed by atoms with Crippen molar-refractivity contribution in [3.05, 3.63) is 34.4 Å². The van der Waals surface area contributed by atoms with E-state index in [1.807, 2.05) is 6.92 Å². The lowest BCUT2D eigenvalue weighted by Crippen LogP contribution is -2.43. The van der Waals surface area contributed by atoms with Crippen LogP contribution >= 0.6 is 0 Å². The van der Waals surface area contributed by atoms with Crippen LogP contribution < -0.4 is 0 Å². The van der Waals surface area contributed by atoms with Gasteiger partial charge in [0, 0.05) is 0 Å². The summed E-state index contributed by atoms with van der Waals surface area (Å²) in [6.07, 6.45) is -1.44. The first kappa shape index (κ1) is 13.1. The highest BCUT2D eigenvalue weighted by atomic mass is 16.6. The summed E-state index contributed by atoms with van der Waals surface area (Å²) in [7, 11) is 0. The average molecular weight is 264 g/mol. The number of aliphatic hydroxyl groups excluding tert-OH is 2. The fourth-order valence-electron chi connectivity index (χ4n) is 3.10. The summed E-state index contributed by atoms with van der Waals surface area (Å²) in [4.78, 5) is 0. The molecular weight excluding hydrogens is 244 g/mol. The molecule has 2 heterocycles. The van der Waals surface area contributed by atoms with Crippen molar-refractivity contribution in [3.63, 3.8) is 0 Å². The largest absolute Gasteiger partial charge is 0.393 e. The second-order valence-electron chi connectivity index (χ2n) is 5.77. The Morgan fingerprint density at radius 3 is 2.53 bits per heavy atom. The maximum Gasteiger partial charge on any atom is 0.144 e. The lowest BCUT2D eigenvalue weighted by molar-refractivity contribution is -0.163. The highest BCUT2D eigenvalue weighted by Gasteiger charge is 2.61. The Kier molecular flexibility index (Phi) is 2.94. The Morgan fingerprint density at radius 1 is 1.21 bits per heavy atom. The van der Waals surface area contributed by atoms with Crippen LogP contribution in [0.3, 0.4) is 0 Å². The minimum Gasteiger partial charge on any atom is -0.393 e. The Morgan fingerprint density at radius 2 is 1.89 bits per heavy atom. The first-order valence-corrected chi connectivity index (χ1v) is 6.64. The minimum atomic E-state index is -0.944. The summed E-state index contributed by atoms with van der Waals surface area (Å²) in [5, 5.41) is 19.7. The van der Waals surface area contributed by atoms with Gasteiger partial charge in [0.05, 0.1) is 13.2 Å². The predicted octanol–water partition coefficient (Wildman–Crippen LogP) is 1.17. The lowest BCUT2D eigenvalue weighted by Gasteiger charge is -2.30. The van der Waals surface area contributed by atoms with Gasteiger partial charge < -0.3 is 19.7 Å². The third-order valence-corrected chi connectivity index (χ3v) is 4.49. The van der Waals surface area contributed by atoms with E-state index in [-0.39, 0.29) is 25.4 Å². The van der Waals surface area contributed by atoms with E-state index in [9.17, 15) is 10.2 Å². The molecule has 0 saturated carbocycles. The van der Waals surface area contributed by atoms with Gasteiger partial charge in [0.25, 0.3) is 0 Å². The molecule has 4 nitrogen and oxygen atoms in total. The first-order chi connectivity index (χ1) is 8.98. The van der Waals surface area contributed by atoms with E-state index in [2.05, 4.69) is 26.0 Å². The smallest absolute Gasteiger partial charge is 0.144 e. The van der Waals surface area contributed by atoms with Crippen molar-refractivity contribution in [1.29, 1.82) is 0 Å². The van der Waals surface area contributed by atoms with Crippen molar-refractivity contribution in [2.24, 2.45) is 0 Å². The number of hydrogen-bond acceptors (Lipinski definition) is 4. The van der Waals surface area contributed by atoms with Crippen LogP contribution in [-0.4, -0.2) is 41.2 Å². The molecule has 2 bridgehead atoms. The fraction of sp³-hybridized carbons (Fsp3) is 0.600. The maximum atomic E-state index is 10.2. The zero-order valence-electron chi connectivity index (χ0n) is 11.5. The molecule has 1 aromatic rings. The quantitative estimate of drug-likeness (QED) is 0.842. The minimum absolute atomic E-state index is 0.217. The van der Waals surface area contributed by atoms with Gasteiger partial charge in [-0.2, -0.15) is 0 Å². The van der Waals surface area contributed by atoms with Crippen molar-refractivity contribution >= 4 is 0 Å². The van der Waals surface area contributed by atoms with Crippen molar-refractivity contribution in [2.45, 2.75) is 44.7 Å². The van der Waals surface area contributed by atoms with Crippen LogP contribution in [0.25, 0.3) is 0 Å². The number of hydrogen-bond donors (Lipinski definition) is 2. The van der Waals surface area contributed by atoms with Gasteiger partial charge in [0.15, 0.2) is 0 Å². The summed E-state index contributed by atoms with van der Waals surface area (Å²) in [6, 6.07) is 4.22. The van der Waals surface area contributed by atoms with Crippen LogP contribution in [0.15, 0.2) is 12.1 Å². The van der Waals surface area contributed by atoms with E-state index >= 15 is 0 Å². The molecule has 2 fully saturated rings. The van der Waals surface area contributed by atoms with E-state index < -0.39 is 11.7 Å². The molecular formula is C15H20O4. The van der Waals surface area contributed by atoms with E-state index in [1.165, 1.54) is 11.1 Å². The Hall–Kier alpha value is -0.940. The highest BCUT2D eigenvalue weighted by molar-refractivity contribution is 5.39. The van der Waals surface area contributed by atoms with E-state index in [1.54, 1.807) is 0 Å². The van der Waals surface area contributed by atoms with Gasteiger partial charge in [-0.1, -0.05) is 12.1 Å². The Labute approximate surface area is 113 Å². The maximum absolute atomic E-state index is 10.2. The lowest BCUT2D eigenvalue weighted by atomic mass is 9.93. The number of fused-ring (bicyclic) bond motifs is 2. The van der Waals surface area contributed by atoms with Gasteiger partial charge in [-0.3, -0.25) is 0 Å². The van der Waals surface area contributed by atoms with Crippen LogP contribution in [0, 0.1) is 20.8 Å². The number of rotatable bonds is 2. The van der Waals surface area contributed by atoms with Gasteiger partial charge in [0.1, 0.15) is 23.9 Å². The number of ether oxygens (including phenoxy) is 2. The normalized spacial score (nSPS) is 37.0. The van der Waals surface area contributed by atoms with Gasteiger partial charge in [-0.15, -0.1) is 0 Å². The van der Waals surface area contributed by atoms with Gasteiger partial charge in [-0.05, 0) is 43.0 Å². The van der Waals surface area contributed by atoms with E-state index in [0.717, 1.165) is 11.1 Å². The topological polar surface area (TPSA) is 58.9 Å². The molecule has 2 saturated heterocycles. The molecule has 2 aliphatic rings. The standard InChI is InChI=1S/C15H20O4/c1-8-4-10(3)11(5-9(8)2)12-13-14(17)15(6-16,19-12)7-18-13/h4-5,12-14,16-17H,6-7H2,1-3H3. The molecule has 4 heteroatoms. The Balaban J connectivity index is 1.99. The van der Waals surface area contributed by atoms with Crippen LogP contribution in [0.2, 0.25) is 0 Å². The molecule has 0 aliphatic carbocycles. The molecule has 104 valence electrons. The summed E-state index contributed by atoms with van der Waals surface area (Å²) in [5.74, 6) is 0. The Bertz CT molecular complexity index is 513. The molecule has 4 unspecified atom stereocenters. The molecule has 0 amide bonds. The summed E-state index contributed by atoms with van der Waals surface area (Å²) < 4.78 is 11.6. The van der Waals surface area contributed by atoms with E-state index in [0.29, 0.717) is 0 Å². The van der Waals surface area contributed by atoms with Crippen molar-refractivity contribution in [2.75, 3.05) is 13.2 Å². The van der Waals surface area contributed by atoms with Crippen LogP contribution in [-0.2, 0) is 9.47 Å². The first-order valence-electron chi connectivity index (χ1n) is 6.64. The molecule has 2 N–H and O–H groups in total. The molecule has 3 rings (SSSR count). The second-order valence-corrected chi connectivity index (χ2v) is 5.77. The van der Waals surface area contributed by atoms with Crippen LogP contribution in [0.4, 0.5) is 0 Å². The number of aryl methyl sites for hydroxylation is 3. The highest BCUT2D eigenvalue weighted by Crippen LogP contribution is 2.47. The number of benzene rings is 1. The third kappa shape index (κ3) is 1.75. The van der Waals surface area contributed by atoms with Crippen LogP contribution in [0.1, 0.15) is 28.4 Å². The third-order valence-electron chi connectivity index (χ3n) is 4.49. The van der Waals surface area contributed by atoms with Gasteiger partial charge in [0.2, 0.25) is 0 Å². The molecule has 4 atom stereocenters. The zero-order chi connectivity index (χ0) is 13.8. The SMILES string of the molecule is Cc1cc(C)c(C2OC3(CO)COC2C3O)cc1C. The molecule has 0 radical (unpaired) electrons. The summed E-state index contributed by atoms with van der Waals surface area (Å²) in [6.45, 7) is 6.22. The van der Waals surface area contributed by atoms with Gasteiger partial charge >= 0.3 is 0 Å². The summed E-state index contributed by atoms with van der Waals surface area (Å²) >= 11 is 0. The molecule has 19 heavy (non-hydrogen) atoms. The average Bonchev–Trinajstić information content (AvgIpc) is 2.85. The monoisotopic (exact) mass is 264 g/mol. The van der Waals surface area contributed by atoms with Crippen molar-refractivity contribution < 1.29 is 19.7 Å². The van der Waals surface area contributed by atoms with E-state index in [4.69, 9.17) is 9.47 Å². The van der Waals surface area contributed by atoms with Gasteiger partial charge in [-0.25, -0.2) is 0 Å². The second kappa shape index (κ2) is 4.28. The zero-order valence-corrected chi connectivity index (χ0v) is 11.5. The predicted molar refractivity (Wildman–Crippen MR) is 70.0 cm³/mol.